The van der Waals surface area contributed by atoms with Crippen LogP contribution in [0.2, 0.25) is 0 Å². The maximum absolute atomic E-state index is 13.2. The minimum Gasteiger partial charge on any atom is -0.354 e. The van der Waals surface area contributed by atoms with Crippen LogP contribution in [0, 0.1) is 0 Å². The van der Waals surface area contributed by atoms with Crippen molar-refractivity contribution in [3.05, 3.63) is 108 Å². The molecule has 0 aliphatic rings. The molecule has 0 heterocycles. The Balaban J connectivity index is 1.85. The topological polar surface area (TPSA) is 49.4 Å². The van der Waals surface area contributed by atoms with Crippen molar-refractivity contribution >= 4 is 23.6 Å². The van der Waals surface area contributed by atoms with E-state index >= 15 is 0 Å². The van der Waals surface area contributed by atoms with Crippen molar-refractivity contribution in [2.45, 2.75) is 32.9 Å². The van der Waals surface area contributed by atoms with Crippen molar-refractivity contribution < 1.29 is 9.59 Å². The summed E-state index contributed by atoms with van der Waals surface area (Å²) in [5.74, 6) is -0.145. The zero-order valence-electron chi connectivity index (χ0n) is 18.0. The van der Waals surface area contributed by atoms with Crippen LogP contribution in [0.25, 0.3) is 6.08 Å². The van der Waals surface area contributed by atoms with E-state index in [2.05, 4.69) is 5.32 Å². The lowest BCUT2D eigenvalue weighted by Crippen LogP contribution is -2.31. The number of carbonyl (C=O) groups excluding carboxylic acids is 2. The van der Waals surface area contributed by atoms with Gasteiger partial charge in [-0.1, -0.05) is 72.8 Å². The van der Waals surface area contributed by atoms with Gasteiger partial charge in [-0.25, -0.2) is 0 Å². The number of nitrogens with zero attached hydrogens (tertiary/aromatic N) is 1. The molecular formula is C27H28N2O2. The molecule has 0 radical (unpaired) electrons. The third kappa shape index (κ3) is 6.96. The molecule has 31 heavy (non-hydrogen) atoms. The van der Waals surface area contributed by atoms with Crippen LogP contribution in [-0.4, -0.2) is 17.9 Å². The SMILES string of the molecule is CC(C)NC(=O)Cc1cccc(N(Cc2ccccc2)C(=O)C=Cc2ccccc2)c1. The lowest BCUT2D eigenvalue weighted by Gasteiger charge is -2.22. The molecule has 0 unspecified atom stereocenters. The number of rotatable bonds is 8. The molecule has 0 aromatic heterocycles. The Bertz CT molecular complexity index is 1030. The third-order valence-electron chi connectivity index (χ3n) is 4.70. The van der Waals surface area contributed by atoms with Crippen molar-refractivity contribution in [3.8, 4) is 0 Å². The Kier molecular flexibility index (Phi) is 7.77. The molecule has 0 aliphatic carbocycles. The molecule has 3 aromatic rings. The summed E-state index contributed by atoms with van der Waals surface area (Å²) >= 11 is 0. The molecule has 4 heteroatoms. The van der Waals surface area contributed by atoms with Crippen molar-refractivity contribution in [1.82, 2.24) is 5.32 Å². The van der Waals surface area contributed by atoms with Gasteiger partial charge in [0, 0.05) is 17.8 Å². The summed E-state index contributed by atoms with van der Waals surface area (Å²) in [5.41, 5.74) is 3.64. The number of amides is 2. The Morgan fingerprint density at radius 1 is 0.871 bits per heavy atom. The van der Waals surface area contributed by atoms with Gasteiger partial charge in [0.1, 0.15) is 0 Å². The summed E-state index contributed by atoms with van der Waals surface area (Å²) in [7, 11) is 0. The fourth-order valence-corrected chi connectivity index (χ4v) is 3.28. The highest BCUT2D eigenvalue weighted by atomic mass is 16.2. The number of nitrogens with one attached hydrogen (secondary N) is 1. The standard InChI is InChI=1S/C27H28N2O2/c1-21(2)28-26(30)19-24-14-9-15-25(18-24)29(20-23-12-7-4-8-13-23)27(31)17-16-22-10-5-3-6-11-22/h3-18,21H,19-20H2,1-2H3,(H,28,30). The van der Waals surface area contributed by atoms with E-state index in [1.54, 1.807) is 11.0 Å². The van der Waals surface area contributed by atoms with E-state index in [0.717, 1.165) is 22.4 Å². The first-order chi connectivity index (χ1) is 15.0. The van der Waals surface area contributed by atoms with Gasteiger partial charge >= 0.3 is 0 Å². The molecule has 0 saturated heterocycles. The zero-order valence-corrected chi connectivity index (χ0v) is 18.0. The number of carbonyl (C=O) groups is 2. The average molecular weight is 413 g/mol. The number of hydrogen-bond donors (Lipinski definition) is 1. The van der Waals surface area contributed by atoms with E-state index in [9.17, 15) is 9.59 Å². The van der Waals surface area contributed by atoms with Crippen molar-refractivity contribution in [2.24, 2.45) is 0 Å². The van der Waals surface area contributed by atoms with E-state index in [-0.39, 0.29) is 24.3 Å². The van der Waals surface area contributed by atoms with E-state index in [1.807, 2.05) is 105 Å². The number of anilines is 1. The van der Waals surface area contributed by atoms with E-state index < -0.39 is 0 Å². The highest BCUT2D eigenvalue weighted by molar-refractivity contribution is 6.03. The predicted octanol–water partition coefficient (Wildman–Crippen LogP) is 5.00. The van der Waals surface area contributed by atoms with Crippen LogP contribution in [0.3, 0.4) is 0 Å². The summed E-state index contributed by atoms with van der Waals surface area (Å²) in [6.45, 7) is 4.32. The zero-order chi connectivity index (χ0) is 22.1. The minimum atomic E-state index is -0.114. The lowest BCUT2D eigenvalue weighted by atomic mass is 10.1. The fraction of sp³-hybridized carbons (Fsp3) is 0.185. The highest BCUT2D eigenvalue weighted by Crippen LogP contribution is 2.20. The van der Waals surface area contributed by atoms with Gasteiger partial charge in [-0.05, 0) is 48.7 Å². The molecule has 4 nitrogen and oxygen atoms in total. The van der Waals surface area contributed by atoms with Crippen molar-refractivity contribution in [2.75, 3.05) is 4.90 Å². The van der Waals surface area contributed by atoms with Crippen LogP contribution in [0.1, 0.15) is 30.5 Å². The molecule has 2 amide bonds. The van der Waals surface area contributed by atoms with E-state index in [0.29, 0.717) is 6.54 Å². The predicted molar refractivity (Wildman–Crippen MR) is 127 cm³/mol. The lowest BCUT2D eigenvalue weighted by molar-refractivity contribution is -0.121. The van der Waals surface area contributed by atoms with Gasteiger partial charge in [0.05, 0.1) is 13.0 Å². The monoisotopic (exact) mass is 412 g/mol. The Morgan fingerprint density at radius 2 is 1.52 bits per heavy atom. The molecular weight excluding hydrogens is 384 g/mol. The van der Waals surface area contributed by atoms with Crippen LogP contribution in [0.15, 0.2) is 91.0 Å². The van der Waals surface area contributed by atoms with Crippen molar-refractivity contribution in [3.63, 3.8) is 0 Å². The Hall–Kier alpha value is -3.66. The smallest absolute Gasteiger partial charge is 0.251 e. The van der Waals surface area contributed by atoms with E-state index in [1.165, 1.54) is 0 Å². The van der Waals surface area contributed by atoms with Gasteiger partial charge in [-0.2, -0.15) is 0 Å². The van der Waals surface area contributed by atoms with Crippen LogP contribution >= 0.6 is 0 Å². The second kappa shape index (κ2) is 10.9. The summed E-state index contributed by atoms with van der Waals surface area (Å²) in [6, 6.07) is 27.3. The summed E-state index contributed by atoms with van der Waals surface area (Å²) in [4.78, 5) is 27.1. The number of benzene rings is 3. The first-order valence-electron chi connectivity index (χ1n) is 10.5. The first-order valence-corrected chi connectivity index (χ1v) is 10.5. The summed E-state index contributed by atoms with van der Waals surface area (Å²) < 4.78 is 0. The molecule has 0 saturated carbocycles. The summed E-state index contributed by atoms with van der Waals surface area (Å²) in [5, 5.41) is 2.91. The number of hydrogen-bond acceptors (Lipinski definition) is 2. The summed E-state index contributed by atoms with van der Waals surface area (Å²) in [6.07, 6.45) is 3.69. The fourth-order valence-electron chi connectivity index (χ4n) is 3.28. The van der Waals surface area contributed by atoms with Gasteiger partial charge < -0.3 is 10.2 Å². The maximum atomic E-state index is 13.2. The van der Waals surface area contributed by atoms with Gasteiger partial charge in [-0.15, -0.1) is 0 Å². The van der Waals surface area contributed by atoms with Gasteiger partial charge in [0.2, 0.25) is 5.91 Å². The van der Waals surface area contributed by atoms with Gasteiger partial charge in [0.25, 0.3) is 5.91 Å². The molecule has 3 aromatic carbocycles. The first kappa shape index (κ1) is 22.0. The van der Waals surface area contributed by atoms with Gasteiger partial charge in [-0.3, -0.25) is 9.59 Å². The Morgan fingerprint density at radius 3 is 2.19 bits per heavy atom. The van der Waals surface area contributed by atoms with Crippen LogP contribution in [0.4, 0.5) is 5.69 Å². The van der Waals surface area contributed by atoms with Crippen LogP contribution < -0.4 is 10.2 Å². The van der Waals surface area contributed by atoms with Crippen LogP contribution in [-0.2, 0) is 22.6 Å². The van der Waals surface area contributed by atoms with E-state index in [4.69, 9.17) is 0 Å². The molecule has 1 N–H and O–H groups in total. The second-order valence-electron chi connectivity index (χ2n) is 7.72. The minimum absolute atomic E-state index is 0.0305. The maximum Gasteiger partial charge on any atom is 0.251 e. The van der Waals surface area contributed by atoms with Crippen LogP contribution in [0.5, 0.6) is 0 Å². The molecule has 0 fully saturated rings. The average Bonchev–Trinajstić information content (AvgIpc) is 2.77. The molecule has 0 atom stereocenters. The normalized spacial score (nSPS) is 10.9. The molecule has 158 valence electrons. The molecule has 0 bridgehead atoms. The largest absolute Gasteiger partial charge is 0.354 e. The van der Waals surface area contributed by atoms with Gasteiger partial charge in [0.15, 0.2) is 0 Å². The molecule has 3 rings (SSSR count). The second-order valence-corrected chi connectivity index (χ2v) is 7.72. The highest BCUT2D eigenvalue weighted by Gasteiger charge is 2.15. The quantitative estimate of drug-likeness (QED) is 0.529. The molecule has 0 aliphatic heterocycles. The third-order valence-corrected chi connectivity index (χ3v) is 4.70. The van der Waals surface area contributed by atoms with Crippen molar-refractivity contribution in [1.29, 1.82) is 0 Å². The Labute approximate surface area is 184 Å². The molecule has 0 spiro atoms.